The first-order chi connectivity index (χ1) is 3.79. The summed E-state index contributed by atoms with van der Waals surface area (Å²) in [5.41, 5.74) is 0. The van der Waals surface area contributed by atoms with E-state index >= 15 is 0 Å². The van der Waals surface area contributed by atoms with Gasteiger partial charge in [-0.05, 0) is 0 Å². The molecule has 0 aromatic heterocycles. The third-order valence-electron chi connectivity index (χ3n) is 0.728. The van der Waals surface area contributed by atoms with Gasteiger partial charge in [0.15, 0.2) is 0 Å². The summed E-state index contributed by atoms with van der Waals surface area (Å²) in [6, 6.07) is 6.55. The third kappa shape index (κ3) is 2.93. The van der Waals surface area contributed by atoms with Crippen molar-refractivity contribution < 1.29 is 23.9 Å². The van der Waals surface area contributed by atoms with Crippen LogP contribution in [-0.2, 0) is 19.5 Å². The molecular weight excluding hydrogens is 192 g/mol. The summed E-state index contributed by atoms with van der Waals surface area (Å²) >= 11 is 5.38. The first-order valence-electron chi connectivity index (χ1n) is 2.12. The minimum atomic E-state index is -0.419. The summed E-state index contributed by atoms with van der Waals surface area (Å²) < 4.78 is 12.0. The number of benzene rings is 1. The molecule has 0 nitrogen and oxygen atoms in total. The van der Waals surface area contributed by atoms with E-state index in [0.717, 1.165) is 0 Å². The van der Waals surface area contributed by atoms with Gasteiger partial charge < -0.3 is 0 Å². The molecule has 0 atom stereocenters. The zero-order chi connectivity index (χ0) is 5.98. The monoisotopic (exact) mass is 193 g/mol. The average Bonchev–Trinajstić information content (AvgIpc) is 1.64. The van der Waals surface area contributed by atoms with Crippen molar-refractivity contribution in [2.24, 2.45) is 0 Å². The van der Waals surface area contributed by atoms with Crippen molar-refractivity contribution in [3.8, 4) is 0 Å². The van der Waals surface area contributed by atoms with E-state index in [0.29, 0.717) is 5.02 Å². The molecule has 9 heavy (non-hydrogen) atoms. The van der Waals surface area contributed by atoms with Crippen LogP contribution in [0.15, 0.2) is 18.2 Å². The summed E-state index contributed by atoms with van der Waals surface area (Å²) in [7, 11) is 0. The molecule has 0 aliphatic heterocycles. The van der Waals surface area contributed by atoms with Crippen LogP contribution < -0.4 is 0 Å². The Morgan fingerprint density at radius 1 is 1.56 bits per heavy atom. The van der Waals surface area contributed by atoms with E-state index in [1.165, 1.54) is 12.1 Å². The molecule has 44 valence electrons. The summed E-state index contributed by atoms with van der Waals surface area (Å²) in [6.07, 6.45) is 0. The Bertz CT molecular complexity index is 173. The van der Waals surface area contributed by atoms with Crippen LogP contribution >= 0.6 is 11.6 Å². The fraction of sp³-hybridized carbons (Fsp3) is 0. The van der Waals surface area contributed by atoms with Gasteiger partial charge in [0.1, 0.15) is 0 Å². The van der Waals surface area contributed by atoms with Gasteiger partial charge in [-0.25, -0.2) is 4.39 Å². The fourth-order valence-corrected chi connectivity index (χ4v) is 0.571. The molecule has 0 bridgehead atoms. The number of halogens is 2. The van der Waals surface area contributed by atoms with E-state index in [1.807, 2.05) is 0 Å². The van der Waals surface area contributed by atoms with Crippen molar-refractivity contribution >= 4 is 11.6 Å². The second kappa shape index (κ2) is 3.97. The van der Waals surface area contributed by atoms with Crippen molar-refractivity contribution in [2.45, 2.75) is 0 Å². The molecule has 1 rings (SSSR count). The largest absolute Gasteiger partial charge is 0.236 e. The van der Waals surface area contributed by atoms with Gasteiger partial charge in [0.2, 0.25) is 0 Å². The van der Waals surface area contributed by atoms with Gasteiger partial charge in [-0.1, -0.05) is 5.02 Å². The van der Waals surface area contributed by atoms with E-state index < -0.39 is 5.82 Å². The third-order valence-corrected chi connectivity index (χ3v) is 0.963. The molecule has 0 amide bonds. The molecule has 0 aliphatic carbocycles. The standard InChI is InChI=1S/C6H3ClF.Zn/c7-5-2-1-3-6(8)4-5;/h1-2,4H;/q-1;. The first kappa shape index (κ1) is 9.06. The Balaban J connectivity index is 0.000000640. The van der Waals surface area contributed by atoms with Crippen LogP contribution in [0.1, 0.15) is 0 Å². The van der Waals surface area contributed by atoms with E-state index in [1.54, 1.807) is 6.07 Å². The van der Waals surface area contributed by atoms with Crippen LogP contribution in [0, 0.1) is 11.9 Å². The van der Waals surface area contributed by atoms with Gasteiger partial charge in [-0.3, -0.25) is 0 Å². The Labute approximate surface area is 70.8 Å². The average molecular weight is 195 g/mol. The molecule has 0 radical (unpaired) electrons. The molecule has 0 spiro atoms. The minimum absolute atomic E-state index is 0. The molecular formula is C6H3ClFZn-. The molecule has 0 unspecified atom stereocenters. The zero-order valence-corrected chi connectivity index (χ0v) is 8.42. The molecule has 1 aromatic rings. The van der Waals surface area contributed by atoms with Crippen molar-refractivity contribution in [1.29, 1.82) is 0 Å². The van der Waals surface area contributed by atoms with Crippen molar-refractivity contribution in [3.63, 3.8) is 0 Å². The summed E-state index contributed by atoms with van der Waals surface area (Å²) in [5, 5.41) is 0.404. The van der Waals surface area contributed by atoms with Crippen molar-refractivity contribution in [2.75, 3.05) is 0 Å². The molecule has 0 fully saturated rings. The molecule has 0 saturated heterocycles. The SMILES string of the molecule is Fc1[c-]ccc(Cl)c1.[Zn]. The Hall–Kier alpha value is 0.0634. The number of hydrogen-bond donors (Lipinski definition) is 0. The quantitative estimate of drug-likeness (QED) is 0.440. The maximum absolute atomic E-state index is 12.0. The van der Waals surface area contributed by atoms with E-state index in [4.69, 9.17) is 11.6 Å². The fourth-order valence-electron chi connectivity index (χ4n) is 0.412. The Kier molecular flexibility index (Phi) is 4.00. The number of rotatable bonds is 0. The summed E-state index contributed by atoms with van der Waals surface area (Å²) in [5.74, 6) is -0.419. The molecule has 1 aromatic carbocycles. The molecule has 0 heterocycles. The van der Waals surface area contributed by atoms with Gasteiger partial charge in [0.25, 0.3) is 0 Å². The van der Waals surface area contributed by atoms with Gasteiger partial charge in [-0.15, -0.1) is 23.7 Å². The predicted molar refractivity (Wildman–Crippen MR) is 30.2 cm³/mol. The Morgan fingerprint density at radius 3 is 2.56 bits per heavy atom. The molecule has 0 saturated carbocycles. The van der Waals surface area contributed by atoms with Crippen LogP contribution in [-0.4, -0.2) is 0 Å². The van der Waals surface area contributed by atoms with Crippen LogP contribution in [0.2, 0.25) is 5.02 Å². The van der Waals surface area contributed by atoms with Crippen molar-refractivity contribution in [3.05, 3.63) is 35.1 Å². The van der Waals surface area contributed by atoms with Gasteiger partial charge in [0, 0.05) is 25.3 Å². The van der Waals surface area contributed by atoms with Crippen LogP contribution in [0.5, 0.6) is 0 Å². The zero-order valence-electron chi connectivity index (χ0n) is 4.70. The van der Waals surface area contributed by atoms with Crippen LogP contribution in [0.3, 0.4) is 0 Å². The summed E-state index contributed by atoms with van der Waals surface area (Å²) in [6.45, 7) is 0. The molecule has 0 aliphatic rings. The second-order valence-corrected chi connectivity index (χ2v) is 1.79. The van der Waals surface area contributed by atoms with E-state index in [9.17, 15) is 4.39 Å². The first-order valence-corrected chi connectivity index (χ1v) is 2.49. The smallest absolute Gasteiger partial charge is 0.0122 e. The van der Waals surface area contributed by atoms with Crippen molar-refractivity contribution in [1.82, 2.24) is 0 Å². The van der Waals surface area contributed by atoms with Crippen LogP contribution in [0.25, 0.3) is 0 Å². The predicted octanol–water partition coefficient (Wildman–Crippen LogP) is 2.28. The van der Waals surface area contributed by atoms with E-state index in [2.05, 4.69) is 6.07 Å². The normalized spacial score (nSPS) is 8.22. The van der Waals surface area contributed by atoms with Gasteiger partial charge in [-0.2, -0.15) is 12.1 Å². The topological polar surface area (TPSA) is 0 Å². The second-order valence-electron chi connectivity index (χ2n) is 1.35. The van der Waals surface area contributed by atoms with Crippen LogP contribution in [0.4, 0.5) is 4.39 Å². The van der Waals surface area contributed by atoms with Gasteiger partial charge in [0.05, 0.1) is 0 Å². The minimum Gasteiger partial charge on any atom is -0.236 e. The van der Waals surface area contributed by atoms with E-state index in [-0.39, 0.29) is 19.5 Å². The molecule has 0 N–H and O–H groups in total. The maximum Gasteiger partial charge on any atom is 0.0122 e. The molecule has 3 heteroatoms. The van der Waals surface area contributed by atoms with Gasteiger partial charge >= 0.3 is 0 Å². The summed E-state index contributed by atoms with van der Waals surface area (Å²) in [4.78, 5) is 0. The number of hydrogen-bond acceptors (Lipinski definition) is 0. The Morgan fingerprint density at radius 2 is 2.22 bits per heavy atom. The maximum atomic E-state index is 12.0.